The van der Waals surface area contributed by atoms with E-state index in [1.54, 1.807) is 0 Å². The Labute approximate surface area is 119 Å². The van der Waals surface area contributed by atoms with E-state index in [-0.39, 0.29) is 23.3 Å². The minimum atomic E-state index is -0.878. The van der Waals surface area contributed by atoms with E-state index in [0.29, 0.717) is 6.42 Å². The first-order valence-electron chi connectivity index (χ1n) is 6.89. The van der Waals surface area contributed by atoms with Gasteiger partial charge in [-0.2, -0.15) is 0 Å². The summed E-state index contributed by atoms with van der Waals surface area (Å²) in [5.41, 5.74) is 0.908. The Morgan fingerprint density at radius 3 is 2.25 bits per heavy atom. The molecule has 3 atom stereocenters. The minimum Gasteiger partial charge on any atom is -0.481 e. The van der Waals surface area contributed by atoms with Crippen LogP contribution in [0.4, 0.5) is 0 Å². The number of carbonyl (C=O) groups is 2. The predicted octanol–water partition coefficient (Wildman–Crippen LogP) is 2.61. The fraction of sp³-hybridized carbons (Fsp3) is 0.500. The molecule has 1 fully saturated rings. The number of carboxylic acids is 1. The average molecular weight is 275 g/mol. The molecule has 0 heterocycles. The molecule has 1 aliphatic rings. The highest BCUT2D eigenvalue weighted by atomic mass is 16.4. The van der Waals surface area contributed by atoms with Crippen molar-refractivity contribution in [1.29, 1.82) is 0 Å². The molecule has 1 aromatic rings. The number of amides is 1. The molecule has 0 bridgehead atoms. The Hall–Kier alpha value is -1.84. The minimum absolute atomic E-state index is 0.119. The van der Waals surface area contributed by atoms with Crippen LogP contribution < -0.4 is 5.32 Å². The van der Waals surface area contributed by atoms with Gasteiger partial charge in [0.25, 0.3) is 0 Å². The summed E-state index contributed by atoms with van der Waals surface area (Å²) in [7, 11) is 0. The lowest BCUT2D eigenvalue weighted by Gasteiger charge is -2.32. The van der Waals surface area contributed by atoms with Gasteiger partial charge in [0, 0.05) is 0 Å². The van der Waals surface area contributed by atoms with Gasteiger partial charge in [0.05, 0.1) is 17.9 Å². The summed E-state index contributed by atoms with van der Waals surface area (Å²) in [5, 5.41) is 11.9. The van der Waals surface area contributed by atoms with E-state index in [1.807, 2.05) is 30.3 Å². The van der Waals surface area contributed by atoms with Crippen molar-refractivity contribution in [2.75, 3.05) is 0 Å². The van der Waals surface area contributed by atoms with E-state index >= 15 is 0 Å². The van der Waals surface area contributed by atoms with Crippen LogP contribution in [0, 0.1) is 17.3 Å². The summed E-state index contributed by atoms with van der Waals surface area (Å²) in [6, 6.07) is 9.67. The largest absolute Gasteiger partial charge is 0.481 e. The van der Waals surface area contributed by atoms with Gasteiger partial charge in [-0.05, 0) is 17.4 Å². The second-order valence-electron chi connectivity index (χ2n) is 6.51. The van der Waals surface area contributed by atoms with E-state index in [0.717, 1.165) is 5.56 Å². The highest BCUT2D eigenvalue weighted by Crippen LogP contribution is 2.40. The fourth-order valence-electron chi connectivity index (χ4n) is 2.45. The van der Waals surface area contributed by atoms with E-state index in [1.165, 1.54) is 0 Å². The van der Waals surface area contributed by atoms with Crippen molar-refractivity contribution in [2.24, 2.45) is 17.3 Å². The molecule has 1 saturated carbocycles. The molecule has 0 saturated heterocycles. The lowest BCUT2D eigenvalue weighted by Crippen LogP contribution is -2.38. The maximum atomic E-state index is 12.2. The Balaban J connectivity index is 2.11. The number of carbonyl (C=O) groups excluding carboxylic acids is 1. The number of aliphatic carboxylic acids is 1. The van der Waals surface area contributed by atoms with Gasteiger partial charge in [0.1, 0.15) is 0 Å². The first-order chi connectivity index (χ1) is 9.30. The van der Waals surface area contributed by atoms with Crippen molar-refractivity contribution in [2.45, 2.75) is 33.2 Å². The number of nitrogens with one attached hydrogen (secondary N) is 1. The SMILES string of the molecule is CC(C)(C)C(NC(=O)C1CC1C(=O)O)c1ccccc1. The summed E-state index contributed by atoms with van der Waals surface area (Å²) >= 11 is 0. The van der Waals surface area contributed by atoms with Crippen LogP contribution in [-0.2, 0) is 9.59 Å². The van der Waals surface area contributed by atoms with Crippen LogP contribution in [-0.4, -0.2) is 17.0 Å². The summed E-state index contributed by atoms with van der Waals surface area (Å²) in [6.07, 6.45) is 0.451. The quantitative estimate of drug-likeness (QED) is 0.887. The molecule has 0 aromatic heterocycles. The first kappa shape index (κ1) is 14.6. The van der Waals surface area contributed by atoms with Crippen molar-refractivity contribution in [3.05, 3.63) is 35.9 Å². The molecular weight excluding hydrogens is 254 g/mol. The summed E-state index contributed by atoms with van der Waals surface area (Å²) < 4.78 is 0. The van der Waals surface area contributed by atoms with Crippen LogP contribution in [0.1, 0.15) is 38.8 Å². The Morgan fingerprint density at radius 1 is 1.20 bits per heavy atom. The van der Waals surface area contributed by atoms with Gasteiger partial charge in [-0.25, -0.2) is 0 Å². The third kappa shape index (κ3) is 3.18. The van der Waals surface area contributed by atoms with E-state index < -0.39 is 11.9 Å². The molecule has 1 aromatic carbocycles. The molecule has 20 heavy (non-hydrogen) atoms. The van der Waals surface area contributed by atoms with Crippen LogP contribution in [0.5, 0.6) is 0 Å². The number of hydrogen-bond acceptors (Lipinski definition) is 2. The Morgan fingerprint density at radius 2 is 1.80 bits per heavy atom. The summed E-state index contributed by atoms with van der Waals surface area (Å²) in [6.45, 7) is 6.19. The topological polar surface area (TPSA) is 66.4 Å². The van der Waals surface area contributed by atoms with Crippen molar-refractivity contribution in [3.8, 4) is 0 Å². The lowest BCUT2D eigenvalue weighted by molar-refractivity contribution is -0.140. The van der Waals surface area contributed by atoms with Gasteiger partial charge in [0.2, 0.25) is 5.91 Å². The molecule has 2 N–H and O–H groups in total. The molecule has 4 heteroatoms. The van der Waals surface area contributed by atoms with Crippen molar-refractivity contribution in [1.82, 2.24) is 5.32 Å². The molecular formula is C16H21NO3. The first-order valence-corrected chi connectivity index (χ1v) is 6.89. The summed E-state index contributed by atoms with van der Waals surface area (Å²) in [4.78, 5) is 23.0. The lowest BCUT2D eigenvalue weighted by atomic mass is 9.82. The van der Waals surface area contributed by atoms with Gasteiger partial charge in [-0.1, -0.05) is 51.1 Å². The molecule has 0 radical (unpaired) electrons. The number of benzene rings is 1. The van der Waals surface area contributed by atoms with Crippen molar-refractivity contribution < 1.29 is 14.7 Å². The predicted molar refractivity (Wildman–Crippen MR) is 76.0 cm³/mol. The average Bonchev–Trinajstić information content (AvgIpc) is 3.15. The third-order valence-corrected chi connectivity index (χ3v) is 3.73. The Bertz CT molecular complexity index is 504. The molecule has 4 nitrogen and oxygen atoms in total. The van der Waals surface area contributed by atoms with Gasteiger partial charge in [-0.3, -0.25) is 9.59 Å². The zero-order valence-corrected chi connectivity index (χ0v) is 12.1. The Kier molecular flexibility index (Phi) is 3.84. The van der Waals surface area contributed by atoms with Crippen LogP contribution >= 0.6 is 0 Å². The molecule has 0 spiro atoms. The normalized spacial score (nSPS) is 22.9. The van der Waals surface area contributed by atoms with Crippen molar-refractivity contribution in [3.63, 3.8) is 0 Å². The molecule has 1 aliphatic carbocycles. The smallest absolute Gasteiger partial charge is 0.307 e. The van der Waals surface area contributed by atoms with E-state index in [4.69, 9.17) is 5.11 Å². The zero-order chi connectivity index (χ0) is 14.9. The highest BCUT2D eigenvalue weighted by Gasteiger charge is 2.49. The van der Waals surface area contributed by atoms with Crippen molar-refractivity contribution >= 4 is 11.9 Å². The van der Waals surface area contributed by atoms with E-state index in [9.17, 15) is 9.59 Å². The molecule has 0 aliphatic heterocycles. The summed E-state index contributed by atoms with van der Waals surface area (Å²) in [5.74, 6) is -1.91. The zero-order valence-electron chi connectivity index (χ0n) is 12.1. The monoisotopic (exact) mass is 275 g/mol. The fourth-order valence-corrected chi connectivity index (χ4v) is 2.45. The number of rotatable bonds is 4. The molecule has 3 unspecified atom stereocenters. The van der Waals surface area contributed by atoms with Gasteiger partial charge >= 0.3 is 5.97 Å². The van der Waals surface area contributed by atoms with Crippen LogP contribution in [0.25, 0.3) is 0 Å². The highest BCUT2D eigenvalue weighted by molar-refractivity contribution is 5.89. The second-order valence-corrected chi connectivity index (χ2v) is 6.51. The second kappa shape index (κ2) is 5.27. The third-order valence-electron chi connectivity index (χ3n) is 3.73. The maximum absolute atomic E-state index is 12.2. The number of hydrogen-bond donors (Lipinski definition) is 2. The van der Waals surface area contributed by atoms with Crippen LogP contribution in [0.2, 0.25) is 0 Å². The van der Waals surface area contributed by atoms with Crippen LogP contribution in [0.3, 0.4) is 0 Å². The van der Waals surface area contributed by atoms with Crippen LogP contribution in [0.15, 0.2) is 30.3 Å². The molecule has 108 valence electrons. The molecule has 2 rings (SSSR count). The van der Waals surface area contributed by atoms with Gasteiger partial charge < -0.3 is 10.4 Å². The maximum Gasteiger partial charge on any atom is 0.307 e. The molecule has 1 amide bonds. The van der Waals surface area contributed by atoms with Gasteiger partial charge in [0.15, 0.2) is 0 Å². The number of carboxylic acid groups (broad SMARTS) is 1. The van der Waals surface area contributed by atoms with Gasteiger partial charge in [-0.15, -0.1) is 0 Å². The van der Waals surface area contributed by atoms with E-state index in [2.05, 4.69) is 26.1 Å². The standard InChI is InChI=1S/C16H21NO3/c1-16(2,3)13(10-7-5-4-6-8-10)17-14(18)11-9-12(11)15(19)20/h4-8,11-13H,9H2,1-3H3,(H,17,18)(H,19,20).